The molecule has 33 heavy (non-hydrogen) atoms. The third-order valence-corrected chi connectivity index (χ3v) is 5.07. The number of nitrogen functional groups attached to an aromatic ring is 1. The molecule has 0 saturated carbocycles. The van der Waals surface area contributed by atoms with Gasteiger partial charge in [-0.05, 0) is 42.2 Å². The van der Waals surface area contributed by atoms with Crippen LogP contribution in [0.4, 0.5) is 15.9 Å². The summed E-state index contributed by atoms with van der Waals surface area (Å²) in [6.07, 6.45) is 0.596. The highest BCUT2D eigenvalue weighted by molar-refractivity contribution is 5.96. The lowest BCUT2D eigenvalue weighted by Gasteiger charge is -2.25. The van der Waals surface area contributed by atoms with Crippen LogP contribution in [-0.2, 0) is 11.3 Å². The van der Waals surface area contributed by atoms with E-state index in [1.807, 2.05) is 44.2 Å². The Morgan fingerprint density at radius 1 is 1.12 bits per heavy atom. The van der Waals surface area contributed by atoms with Crippen LogP contribution in [-0.4, -0.2) is 28.6 Å². The molecule has 8 nitrogen and oxygen atoms in total. The van der Waals surface area contributed by atoms with Crippen molar-refractivity contribution in [2.24, 2.45) is 5.92 Å². The number of amides is 1. The fourth-order valence-corrected chi connectivity index (χ4v) is 3.26. The Morgan fingerprint density at radius 3 is 2.42 bits per heavy atom. The molecule has 174 valence electrons. The fraction of sp³-hybridized carbons (Fsp3) is 0.292. The number of anilines is 2. The highest BCUT2D eigenvalue weighted by Crippen LogP contribution is 2.20. The highest BCUT2D eigenvalue weighted by atomic mass is 19.1. The van der Waals surface area contributed by atoms with Crippen molar-refractivity contribution in [1.29, 1.82) is 0 Å². The van der Waals surface area contributed by atoms with Gasteiger partial charge in [0.1, 0.15) is 17.4 Å². The van der Waals surface area contributed by atoms with Gasteiger partial charge in [0.05, 0.1) is 6.54 Å². The van der Waals surface area contributed by atoms with Gasteiger partial charge in [-0.15, -0.1) is 0 Å². The van der Waals surface area contributed by atoms with E-state index in [0.717, 1.165) is 5.56 Å². The summed E-state index contributed by atoms with van der Waals surface area (Å²) in [5, 5.41) is 0. The first kappa shape index (κ1) is 23.8. The molecule has 0 spiro atoms. The Kier molecular flexibility index (Phi) is 7.66. The minimum Gasteiger partial charge on any atom is -0.484 e. The number of aromatic amines is 1. The summed E-state index contributed by atoms with van der Waals surface area (Å²) in [6, 6.07) is 14.4. The van der Waals surface area contributed by atoms with E-state index in [1.165, 1.54) is 33.7 Å². The van der Waals surface area contributed by atoms with Crippen molar-refractivity contribution in [2.75, 3.05) is 23.8 Å². The minimum absolute atomic E-state index is 0.0983. The lowest BCUT2D eigenvalue weighted by Crippen LogP contribution is -2.43. The van der Waals surface area contributed by atoms with E-state index in [2.05, 4.69) is 4.98 Å². The van der Waals surface area contributed by atoms with Crippen LogP contribution in [0.1, 0.15) is 25.8 Å². The molecule has 0 aliphatic rings. The maximum atomic E-state index is 13.1. The zero-order valence-electron chi connectivity index (χ0n) is 18.6. The van der Waals surface area contributed by atoms with Crippen LogP contribution >= 0.6 is 0 Å². The standard InChI is InChI=1S/C24H27FN4O4/c1-16(2)12-13-28(20(30)15-33-19-10-8-18(25)9-11-19)21-22(26)29(24(32)27-23(21)31)14-17-6-4-3-5-7-17/h3-11,16H,12-15,26H2,1-2H3,(H,27,31,32). The zero-order chi connectivity index (χ0) is 24.0. The van der Waals surface area contributed by atoms with E-state index >= 15 is 0 Å². The molecule has 9 heteroatoms. The van der Waals surface area contributed by atoms with Gasteiger partial charge in [0.15, 0.2) is 12.3 Å². The average molecular weight is 455 g/mol. The van der Waals surface area contributed by atoms with Crippen molar-refractivity contribution >= 4 is 17.4 Å². The maximum absolute atomic E-state index is 13.1. The number of halogens is 1. The van der Waals surface area contributed by atoms with Gasteiger partial charge in [-0.3, -0.25) is 19.1 Å². The van der Waals surface area contributed by atoms with Crippen LogP contribution in [0.25, 0.3) is 0 Å². The molecule has 0 bridgehead atoms. The Hall–Kier alpha value is -3.88. The van der Waals surface area contributed by atoms with Crippen LogP contribution in [0.3, 0.4) is 0 Å². The number of carbonyl (C=O) groups is 1. The van der Waals surface area contributed by atoms with Crippen LogP contribution in [0.15, 0.2) is 64.2 Å². The Balaban J connectivity index is 1.94. The Bertz CT molecular complexity index is 1200. The number of hydrogen-bond donors (Lipinski definition) is 2. The SMILES string of the molecule is CC(C)CCN(C(=O)COc1ccc(F)cc1)c1c(N)n(Cc2ccccc2)c(=O)[nH]c1=O. The van der Waals surface area contributed by atoms with Crippen LogP contribution < -0.4 is 26.6 Å². The summed E-state index contributed by atoms with van der Waals surface area (Å²) in [4.78, 5) is 41.8. The van der Waals surface area contributed by atoms with Crippen molar-refractivity contribution in [3.05, 3.63) is 86.8 Å². The number of nitrogens with zero attached hydrogens (tertiary/aromatic N) is 2. The van der Waals surface area contributed by atoms with E-state index < -0.39 is 23.0 Å². The molecule has 3 rings (SSSR count). The third kappa shape index (κ3) is 6.09. The van der Waals surface area contributed by atoms with E-state index in [1.54, 1.807) is 0 Å². The van der Waals surface area contributed by atoms with Gasteiger partial charge in [-0.1, -0.05) is 44.2 Å². The average Bonchev–Trinajstić information content (AvgIpc) is 2.78. The lowest BCUT2D eigenvalue weighted by atomic mass is 10.1. The van der Waals surface area contributed by atoms with Gasteiger partial charge in [0.25, 0.3) is 11.5 Å². The van der Waals surface area contributed by atoms with Crippen LogP contribution in [0, 0.1) is 11.7 Å². The topological polar surface area (TPSA) is 110 Å². The molecule has 1 aromatic heterocycles. The monoisotopic (exact) mass is 454 g/mol. The number of hydrogen-bond acceptors (Lipinski definition) is 5. The minimum atomic E-state index is -0.749. The molecule has 3 aromatic rings. The Morgan fingerprint density at radius 2 is 1.79 bits per heavy atom. The van der Waals surface area contributed by atoms with Gasteiger partial charge < -0.3 is 15.4 Å². The first-order valence-corrected chi connectivity index (χ1v) is 10.6. The number of ether oxygens (including phenoxy) is 1. The molecule has 0 fully saturated rings. The van der Waals surface area contributed by atoms with Gasteiger partial charge in [-0.2, -0.15) is 0 Å². The summed E-state index contributed by atoms with van der Waals surface area (Å²) in [5.74, 6) is -0.487. The number of rotatable bonds is 9. The molecule has 3 N–H and O–H groups in total. The molecule has 0 aliphatic heterocycles. The van der Waals surface area contributed by atoms with Gasteiger partial charge in [0, 0.05) is 6.54 Å². The summed E-state index contributed by atoms with van der Waals surface area (Å²) < 4.78 is 19.8. The number of benzene rings is 2. The second-order valence-corrected chi connectivity index (χ2v) is 8.04. The number of nitrogens with one attached hydrogen (secondary N) is 1. The normalized spacial score (nSPS) is 10.9. The molecule has 1 amide bonds. The van der Waals surface area contributed by atoms with Crippen LogP contribution in [0.5, 0.6) is 5.75 Å². The smallest absolute Gasteiger partial charge is 0.330 e. The van der Waals surface area contributed by atoms with E-state index in [-0.39, 0.29) is 37.1 Å². The van der Waals surface area contributed by atoms with E-state index in [4.69, 9.17) is 10.5 Å². The van der Waals surface area contributed by atoms with Crippen molar-refractivity contribution in [2.45, 2.75) is 26.8 Å². The Labute approximate surface area is 190 Å². The molecular formula is C24H27FN4O4. The molecule has 0 atom stereocenters. The molecule has 0 aliphatic carbocycles. The zero-order valence-corrected chi connectivity index (χ0v) is 18.6. The quantitative estimate of drug-likeness (QED) is 0.517. The molecule has 0 unspecified atom stereocenters. The predicted molar refractivity (Wildman–Crippen MR) is 125 cm³/mol. The molecule has 0 saturated heterocycles. The molecule has 0 radical (unpaired) electrons. The summed E-state index contributed by atoms with van der Waals surface area (Å²) >= 11 is 0. The fourth-order valence-electron chi connectivity index (χ4n) is 3.26. The van der Waals surface area contributed by atoms with Gasteiger partial charge >= 0.3 is 5.69 Å². The van der Waals surface area contributed by atoms with Crippen LogP contribution in [0.2, 0.25) is 0 Å². The van der Waals surface area contributed by atoms with Crippen molar-refractivity contribution in [3.63, 3.8) is 0 Å². The molecule has 2 aromatic carbocycles. The highest BCUT2D eigenvalue weighted by Gasteiger charge is 2.25. The van der Waals surface area contributed by atoms with Gasteiger partial charge in [-0.25, -0.2) is 9.18 Å². The van der Waals surface area contributed by atoms with Crippen molar-refractivity contribution < 1.29 is 13.9 Å². The first-order chi connectivity index (χ1) is 15.8. The van der Waals surface area contributed by atoms with E-state index in [9.17, 15) is 18.8 Å². The molecular weight excluding hydrogens is 427 g/mol. The summed E-state index contributed by atoms with van der Waals surface area (Å²) in [6.45, 7) is 3.93. The number of H-pyrrole nitrogens is 1. The number of nitrogens with two attached hydrogens (primary N) is 1. The number of carbonyl (C=O) groups excluding carboxylic acids is 1. The summed E-state index contributed by atoms with van der Waals surface area (Å²) in [7, 11) is 0. The third-order valence-electron chi connectivity index (χ3n) is 5.07. The van der Waals surface area contributed by atoms with Crippen molar-refractivity contribution in [1.82, 2.24) is 9.55 Å². The second-order valence-electron chi connectivity index (χ2n) is 8.04. The summed E-state index contributed by atoms with van der Waals surface area (Å²) in [5.41, 5.74) is 5.57. The second kappa shape index (κ2) is 10.6. The van der Waals surface area contributed by atoms with E-state index in [0.29, 0.717) is 12.2 Å². The number of aromatic nitrogens is 2. The predicted octanol–water partition coefficient (Wildman–Crippen LogP) is 2.76. The maximum Gasteiger partial charge on any atom is 0.330 e. The molecule has 1 heterocycles. The lowest BCUT2D eigenvalue weighted by molar-refractivity contribution is -0.120. The largest absolute Gasteiger partial charge is 0.484 e. The van der Waals surface area contributed by atoms with Crippen molar-refractivity contribution in [3.8, 4) is 5.75 Å². The van der Waals surface area contributed by atoms with Gasteiger partial charge in [0.2, 0.25) is 0 Å². The first-order valence-electron chi connectivity index (χ1n) is 10.6.